The van der Waals surface area contributed by atoms with E-state index < -0.39 is 11.1 Å². The number of ether oxygens (including phenoxy) is 1. The first-order valence-corrected chi connectivity index (χ1v) is 15.9. The quantitative estimate of drug-likeness (QED) is 0.288. The van der Waals surface area contributed by atoms with Crippen LogP contribution in [0.1, 0.15) is 37.5 Å². The molecule has 0 spiro atoms. The summed E-state index contributed by atoms with van der Waals surface area (Å²) in [6, 6.07) is 18.3. The Labute approximate surface area is 265 Å². The molecule has 2 aliphatic heterocycles. The first kappa shape index (κ1) is 30.5. The Hall–Kier alpha value is -2.91. The van der Waals surface area contributed by atoms with E-state index in [0.29, 0.717) is 51.9 Å². The highest BCUT2D eigenvalue weighted by Crippen LogP contribution is 2.54. The lowest BCUT2D eigenvalue weighted by molar-refractivity contribution is -0.123. The molecule has 1 N–H and O–H groups in total. The second kappa shape index (κ2) is 12.0. The molecule has 0 radical (unpaired) electrons. The summed E-state index contributed by atoms with van der Waals surface area (Å²) >= 11 is 20.7. The van der Waals surface area contributed by atoms with Crippen molar-refractivity contribution in [2.24, 2.45) is 4.99 Å². The third-order valence-corrected chi connectivity index (χ3v) is 9.75. The van der Waals surface area contributed by atoms with E-state index in [2.05, 4.69) is 5.32 Å². The number of piperazine rings is 1. The molecule has 220 valence electrons. The Morgan fingerprint density at radius 1 is 1.02 bits per heavy atom. The van der Waals surface area contributed by atoms with Gasteiger partial charge in [-0.2, -0.15) is 0 Å². The zero-order chi connectivity index (χ0) is 30.2. The number of thioether (sulfide) groups is 1. The molecule has 42 heavy (non-hydrogen) atoms. The number of hydrogen-bond acceptors (Lipinski definition) is 5. The van der Waals surface area contributed by atoms with Crippen LogP contribution < -0.4 is 10.1 Å². The van der Waals surface area contributed by atoms with Crippen LogP contribution in [0.3, 0.4) is 0 Å². The molecule has 3 aromatic rings. The number of aliphatic imine (C=N–C) groups is 1. The van der Waals surface area contributed by atoms with E-state index in [1.165, 1.54) is 11.8 Å². The molecule has 3 aromatic carbocycles. The van der Waals surface area contributed by atoms with E-state index in [9.17, 15) is 9.59 Å². The minimum Gasteiger partial charge on any atom is -0.493 e. The van der Waals surface area contributed by atoms with E-state index in [1.54, 1.807) is 28.0 Å². The smallest absolute Gasteiger partial charge is 0.327 e. The van der Waals surface area contributed by atoms with E-state index in [1.807, 2.05) is 69.5 Å². The normalized spacial score (nSPS) is 22.2. The van der Waals surface area contributed by atoms with Gasteiger partial charge in [-0.15, -0.1) is 11.8 Å². The summed E-state index contributed by atoms with van der Waals surface area (Å²) < 4.78 is 6.07. The fourth-order valence-electron chi connectivity index (χ4n) is 5.65. The number of benzene rings is 3. The zero-order valence-corrected chi connectivity index (χ0v) is 26.8. The molecule has 2 atom stereocenters. The van der Waals surface area contributed by atoms with Crippen molar-refractivity contribution in [1.82, 2.24) is 15.1 Å². The topological polar surface area (TPSA) is 74.2 Å². The van der Waals surface area contributed by atoms with Crippen LogP contribution >= 0.6 is 46.6 Å². The van der Waals surface area contributed by atoms with Crippen LogP contribution in [0.4, 0.5) is 4.79 Å². The third kappa shape index (κ3) is 5.23. The Bertz CT molecular complexity index is 1550. The Morgan fingerprint density at radius 2 is 1.64 bits per heavy atom. The summed E-state index contributed by atoms with van der Waals surface area (Å²) in [5.41, 5.74) is 0.213. The molecule has 1 fully saturated rings. The van der Waals surface area contributed by atoms with Crippen LogP contribution in [-0.2, 0) is 15.9 Å². The second-order valence-corrected chi connectivity index (χ2v) is 12.5. The summed E-state index contributed by atoms with van der Waals surface area (Å²) in [7, 11) is 0. The average molecular weight is 646 g/mol. The molecule has 7 nitrogen and oxygen atoms in total. The lowest BCUT2D eigenvalue weighted by Crippen LogP contribution is -2.61. The molecule has 5 rings (SSSR count). The maximum atomic E-state index is 14.7. The van der Waals surface area contributed by atoms with Gasteiger partial charge in [0.15, 0.2) is 0 Å². The lowest BCUT2D eigenvalue weighted by atomic mass is 9.71. The molecule has 2 unspecified atom stereocenters. The van der Waals surface area contributed by atoms with E-state index in [-0.39, 0.29) is 18.5 Å². The van der Waals surface area contributed by atoms with E-state index in [0.717, 1.165) is 16.0 Å². The monoisotopic (exact) mass is 644 g/mol. The van der Waals surface area contributed by atoms with Crippen LogP contribution in [0.25, 0.3) is 0 Å². The first-order chi connectivity index (χ1) is 20.0. The van der Waals surface area contributed by atoms with Crippen LogP contribution in [0.2, 0.25) is 15.1 Å². The predicted octanol–water partition coefficient (Wildman–Crippen LogP) is 7.21. The van der Waals surface area contributed by atoms with Crippen LogP contribution in [0.15, 0.2) is 70.6 Å². The molecule has 1 saturated heterocycles. The molecule has 0 aromatic heterocycles. The summed E-state index contributed by atoms with van der Waals surface area (Å²) in [5.74, 6) is 0.704. The van der Waals surface area contributed by atoms with Crippen LogP contribution in [0.5, 0.6) is 5.75 Å². The standard InChI is InChI=1S/C31H31Cl3N4O3S/c1-5-41-25-17-24(34)26(42-4)16-23(25)28-36-30(2,19-6-10-21(32)11-7-19)31(3,20-8-12-22(33)13-9-20)38(28)29(40)37-15-14-35-27(39)18-37/h6-13,16-17H,5,14-15,18H2,1-4H3,(H,35,39). The number of nitrogens with one attached hydrogen (secondary N) is 1. The summed E-state index contributed by atoms with van der Waals surface area (Å²) in [5, 5.41) is 4.51. The van der Waals surface area contributed by atoms with Gasteiger partial charge in [0.25, 0.3) is 0 Å². The number of hydrogen-bond donors (Lipinski definition) is 1. The highest BCUT2D eigenvalue weighted by atomic mass is 35.5. The minimum atomic E-state index is -1.08. The summed E-state index contributed by atoms with van der Waals surface area (Å²) in [4.78, 5) is 36.6. The predicted molar refractivity (Wildman–Crippen MR) is 170 cm³/mol. The first-order valence-electron chi connectivity index (χ1n) is 13.5. The van der Waals surface area contributed by atoms with Crippen molar-refractivity contribution in [3.63, 3.8) is 0 Å². The van der Waals surface area contributed by atoms with Crippen LogP contribution in [0, 0.1) is 0 Å². The molecule has 0 saturated carbocycles. The van der Waals surface area contributed by atoms with E-state index in [4.69, 9.17) is 44.5 Å². The van der Waals surface area contributed by atoms with Gasteiger partial charge in [0, 0.05) is 34.1 Å². The van der Waals surface area contributed by atoms with Gasteiger partial charge in [-0.1, -0.05) is 59.1 Å². The van der Waals surface area contributed by atoms with Crippen molar-refractivity contribution in [1.29, 1.82) is 0 Å². The fraction of sp³-hybridized carbons (Fsp3) is 0.323. The van der Waals surface area contributed by atoms with Crippen molar-refractivity contribution < 1.29 is 14.3 Å². The number of amides is 3. The Balaban J connectivity index is 1.83. The molecule has 3 amide bonds. The molecule has 0 aliphatic carbocycles. The van der Waals surface area contributed by atoms with Gasteiger partial charge < -0.3 is 15.0 Å². The van der Waals surface area contributed by atoms with Crippen molar-refractivity contribution in [3.8, 4) is 5.75 Å². The number of carbonyl (C=O) groups excluding carboxylic acids is 2. The van der Waals surface area contributed by atoms with Crippen molar-refractivity contribution in [3.05, 3.63) is 92.4 Å². The minimum absolute atomic E-state index is 0.0635. The third-order valence-electron chi connectivity index (χ3n) is 8.04. The summed E-state index contributed by atoms with van der Waals surface area (Å²) in [6.45, 7) is 6.93. The van der Waals surface area contributed by atoms with Crippen LogP contribution in [-0.4, -0.2) is 60.1 Å². The molecule has 2 heterocycles. The molecular formula is C31H31Cl3N4O3S. The molecular weight excluding hydrogens is 615 g/mol. The molecule has 0 bridgehead atoms. The van der Waals surface area contributed by atoms with E-state index >= 15 is 0 Å². The Kier molecular flexibility index (Phi) is 8.72. The summed E-state index contributed by atoms with van der Waals surface area (Å²) in [6.07, 6.45) is 1.94. The second-order valence-electron chi connectivity index (χ2n) is 10.4. The maximum Gasteiger partial charge on any atom is 0.327 e. The number of rotatable bonds is 6. The number of carbonyl (C=O) groups is 2. The SMILES string of the molecule is CCOc1cc(Cl)c(SC)cc1C1=NC(C)(c2ccc(Cl)cc2)C(C)(c2ccc(Cl)cc2)N1C(=O)N1CCNC(=O)C1. The molecule has 2 aliphatic rings. The maximum absolute atomic E-state index is 14.7. The van der Waals surface area contributed by atoms with Gasteiger partial charge in [0.2, 0.25) is 5.91 Å². The van der Waals surface area contributed by atoms with Gasteiger partial charge in [0.1, 0.15) is 29.2 Å². The zero-order valence-electron chi connectivity index (χ0n) is 23.7. The lowest BCUT2D eigenvalue weighted by Gasteiger charge is -2.47. The fourth-order valence-corrected chi connectivity index (χ4v) is 6.78. The molecule has 11 heteroatoms. The average Bonchev–Trinajstić information content (AvgIpc) is 3.21. The number of nitrogens with zero attached hydrogens (tertiary/aromatic N) is 3. The van der Waals surface area contributed by atoms with Gasteiger partial charge in [-0.3, -0.25) is 14.7 Å². The number of halogens is 3. The highest BCUT2D eigenvalue weighted by molar-refractivity contribution is 7.98. The Morgan fingerprint density at radius 3 is 2.21 bits per heavy atom. The number of urea groups is 1. The van der Waals surface area contributed by atoms with Gasteiger partial charge in [0.05, 0.1) is 17.2 Å². The van der Waals surface area contributed by atoms with Gasteiger partial charge in [-0.25, -0.2) is 4.79 Å². The van der Waals surface area contributed by atoms with Gasteiger partial charge >= 0.3 is 6.03 Å². The largest absolute Gasteiger partial charge is 0.493 e. The number of amidine groups is 1. The van der Waals surface area contributed by atoms with Gasteiger partial charge in [-0.05, 0) is 68.5 Å². The van der Waals surface area contributed by atoms with Crippen molar-refractivity contribution >= 4 is 64.3 Å². The van der Waals surface area contributed by atoms with Crippen molar-refractivity contribution in [2.75, 3.05) is 32.5 Å². The van der Waals surface area contributed by atoms with Crippen molar-refractivity contribution in [2.45, 2.75) is 36.7 Å². The highest BCUT2D eigenvalue weighted by Gasteiger charge is 2.60.